The Balaban J connectivity index is 2.86. The maximum absolute atomic E-state index is 11.2. The van der Waals surface area contributed by atoms with Crippen LogP contribution in [0.4, 0.5) is 0 Å². The highest BCUT2D eigenvalue weighted by Gasteiger charge is 2.06. The lowest BCUT2D eigenvalue weighted by atomic mass is 10.4. The molecule has 0 bridgehead atoms. The van der Waals surface area contributed by atoms with Crippen molar-refractivity contribution in [3.8, 4) is 0 Å². The van der Waals surface area contributed by atoms with Crippen molar-refractivity contribution in [1.29, 1.82) is 0 Å². The van der Waals surface area contributed by atoms with Crippen molar-refractivity contribution in [3.05, 3.63) is 35.7 Å². The second-order valence-electron chi connectivity index (χ2n) is 2.01. The topological polar surface area (TPSA) is 23.1 Å². The summed E-state index contributed by atoms with van der Waals surface area (Å²) in [6, 6.07) is 7.46. The van der Waals surface area contributed by atoms with Crippen LogP contribution >= 0.6 is 15.9 Å². The summed E-state index contributed by atoms with van der Waals surface area (Å²) in [5.74, 6) is 0.427. The Morgan fingerprint density at radius 1 is 1.55 bits per heavy atom. The zero-order chi connectivity index (χ0) is 8.27. The van der Waals surface area contributed by atoms with E-state index in [4.69, 9.17) is 0 Å². The van der Waals surface area contributed by atoms with Crippen LogP contribution in [0.15, 0.2) is 33.6 Å². The van der Waals surface area contributed by atoms with Gasteiger partial charge >= 0.3 is 0 Å². The number of benzene rings is 1. The van der Waals surface area contributed by atoms with Crippen LogP contribution in [-0.2, 0) is 11.2 Å². The summed E-state index contributed by atoms with van der Waals surface area (Å²) >= 11 is 2.36. The van der Waals surface area contributed by atoms with Crippen LogP contribution < -0.4 is 0 Å². The van der Waals surface area contributed by atoms with Gasteiger partial charge in [-0.15, -0.1) is 0 Å². The highest BCUT2D eigenvalue weighted by Crippen LogP contribution is 2.16. The van der Waals surface area contributed by atoms with E-state index in [-0.39, 0.29) is 0 Å². The van der Waals surface area contributed by atoms with Crippen molar-refractivity contribution >= 4 is 27.1 Å². The molecule has 1 atom stereocenters. The molecule has 0 aliphatic rings. The molecule has 1 radical (unpaired) electrons. The van der Waals surface area contributed by atoms with Crippen LogP contribution in [-0.4, -0.2) is 10.3 Å². The van der Waals surface area contributed by atoms with E-state index < -0.39 is 11.2 Å². The van der Waals surface area contributed by atoms with Crippen LogP contribution in [0.1, 0.15) is 0 Å². The fraction of sp³-hybridized carbons (Fsp3) is 0.125. The lowest BCUT2D eigenvalue weighted by Gasteiger charge is -2.06. The minimum absolute atomic E-state index is 0.427. The minimum Gasteiger partial charge on any atom is -0.611 e. The third-order valence-corrected chi connectivity index (χ3v) is 2.89. The molecular formula is C8H8BrOS. The van der Waals surface area contributed by atoms with E-state index >= 15 is 0 Å². The summed E-state index contributed by atoms with van der Waals surface area (Å²) in [6.07, 6.45) is 0. The Hall–Kier alpha value is 0.01000. The quantitative estimate of drug-likeness (QED) is 0.718. The Bertz CT molecular complexity index is 239. The SMILES string of the molecule is [CH2]C[S+]([O-])c1cccc(Br)c1. The van der Waals surface area contributed by atoms with Gasteiger partial charge in [0.1, 0.15) is 5.75 Å². The van der Waals surface area contributed by atoms with Crippen molar-refractivity contribution in [3.63, 3.8) is 0 Å². The normalized spacial score (nSPS) is 13.0. The average Bonchev–Trinajstić information content (AvgIpc) is 2.03. The summed E-state index contributed by atoms with van der Waals surface area (Å²) in [7, 11) is 0. The van der Waals surface area contributed by atoms with E-state index in [0.29, 0.717) is 5.75 Å². The number of hydrogen-bond donors (Lipinski definition) is 0. The zero-order valence-electron chi connectivity index (χ0n) is 5.92. The first-order chi connectivity index (χ1) is 5.24. The molecule has 0 aliphatic carbocycles. The standard InChI is InChI=1S/C8H8BrOS/c1-2-11(10)8-5-3-4-7(9)6-8/h3-6H,1-2H2. The fourth-order valence-electron chi connectivity index (χ4n) is 0.726. The first-order valence-electron chi connectivity index (χ1n) is 3.17. The van der Waals surface area contributed by atoms with E-state index in [1.54, 1.807) is 0 Å². The Morgan fingerprint density at radius 3 is 2.82 bits per heavy atom. The molecule has 59 valence electrons. The van der Waals surface area contributed by atoms with Gasteiger partial charge in [-0.05, 0) is 30.2 Å². The van der Waals surface area contributed by atoms with Crippen LogP contribution in [0.2, 0.25) is 0 Å². The molecule has 0 N–H and O–H groups in total. The third kappa shape index (κ3) is 2.51. The third-order valence-electron chi connectivity index (χ3n) is 1.24. The Kier molecular flexibility index (Phi) is 3.43. The Labute approximate surface area is 78.1 Å². The molecule has 0 saturated carbocycles. The molecule has 0 aromatic heterocycles. The van der Waals surface area contributed by atoms with Crippen LogP contribution in [0.3, 0.4) is 0 Å². The van der Waals surface area contributed by atoms with Gasteiger partial charge in [-0.1, -0.05) is 22.0 Å². The molecule has 0 heterocycles. The molecule has 0 spiro atoms. The van der Waals surface area contributed by atoms with E-state index in [1.165, 1.54) is 0 Å². The van der Waals surface area contributed by atoms with Crippen molar-refractivity contribution in [1.82, 2.24) is 0 Å². The lowest BCUT2D eigenvalue weighted by Crippen LogP contribution is -2.03. The summed E-state index contributed by atoms with van der Waals surface area (Å²) < 4.78 is 12.1. The predicted molar refractivity (Wildman–Crippen MR) is 50.8 cm³/mol. The van der Waals surface area contributed by atoms with E-state index in [9.17, 15) is 4.55 Å². The highest BCUT2D eigenvalue weighted by atomic mass is 79.9. The molecule has 1 rings (SSSR count). The summed E-state index contributed by atoms with van der Waals surface area (Å²) in [4.78, 5) is 0.828. The fourth-order valence-corrected chi connectivity index (χ4v) is 2.00. The second kappa shape index (κ2) is 4.14. The monoisotopic (exact) mass is 231 g/mol. The van der Waals surface area contributed by atoms with E-state index in [1.807, 2.05) is 24.3 Å². The van der Waals surface area contributed by atoms with Crippen molar-refractivity contribution < 1.29 is 4.55 Å². The van der Waals surface area contributed by atoms with Gasteiger partial charge in [-0.25, -0.2) is 0 Å². The van der Waals surface area contributed by atoms with Crippen LogP contribution in [0, 0.1) is 6.92 Å². The second-order valence-corrected chi connectivity index (χ2v) is 4.49. The van der Waals surface area contributed by atoms with Gasteiger partial charge in [0.25, 0.3) is 0 Å². The Morgan fingerprint density at radius 2 is 2.27 bits per heavy atom. The van der Waals surface area contributed by atoms with Gasteiger partial charge < -0.3 is 4.55 Å². The van der Waals surface area contributed by atoms with Crippen molar-refractivity contribution in [2.24, 2.45) is 0 Å². The largest absolute Gasteiger partial charge is 0.611 e. The predicted octanol–water partition coefficient (Wildman–Crippen LogP) is 2.39. The molecule has 1 aromatic rings. The maximum atomic E-state index is 11.2. The zero-order valence-corrected chi connectivity index (χ0v) is 8.32. The minimum atomic E-state index is -0.942. The number of hydrogen-bond acceptors (Lipinski definition) is 1. The molecule has 11 heavy (non-hydrogen) atoms. The van der Waals surface area contributed by atoms with Gasteiger partial charge in [0.2, 0.25) is 0 Å². The average molecular weight is 232 g/mol. The van der Waals surface area contributed by atoms with Gasteiger partial charge in [-0.3, -0.25) is 0 Å². The molecule has 1 unspecified atom stereocenters. The molecule has 0 saturated heterocycles. The molecule has 0 amide bonds. The first kappa shape index (κ1) is 9.10. The van der Waals surface area contributed by atoms with Gasteiger partial charge in [0.15, 0.2) is 4.90 Å². The summed E-state index contributed by atoms with van der Waals surface area (Å²) in [6.45, 7) is 3.58. The van der Waals surface area contributed by atoms with Crippen molar-refractivity contribution in [2.45, 2.75) is 4.90 Å². The molecule has 3 heteroatoms. The molecule has 1 aromatic carbocycles. The lowest BCUT2D eigenvalue weighted by molar-refractivity contribution is 0.598. The molecular weight excluding hydrogens is 224 g/mol. The van der Waals surface area contributed by atoms with E-state index in [2.05, 4.69) is 22.9 Å². The summed E-state index contributed by atoms with van der Waals surface area (Å²) in [5, 5.41) is 0. The van der Waals surface area contributed by atoms with Gasteiger partial charge in [0.05, 0.1) is 0 Å². The molecule has 1 nitrogen and oxygen atoms in total. The summed E-state index contributed by atoms with van der Waals surface area (Å²) in [5.41, 5.74) is 0. The smallest absolute Gasteiger partial charge is 0.153 e. The number of halogens is 1. The first-order valence-corrected chi connectivity index (χ1v) is 5.28. The molecule has 0 aliphatic heterocycles. The number of rotatable bonds is 2. The van der Waals surface area contributed by atoms with E-state index in [0.717, 1.165) is 9.37 Å². The van der Waals surface area contributed by atoms with Gasteiger partial charge in [-0.2, -0.15) is 0 Å². The maximum Gasteiger partial charge on any atom is 0.153 e. The van der Waals surface area contributed by atoms with Gasteiger partial charge in [0, 0.05) is 10.5 Å². The molecule has 0 fully saturated rings. The van der Waals surface area contributed by atoms with Crippen molar-refractivity contribution in [2.75, 3.05) is 5.75 Å². The van der Waals surface area contributed by atoms with Crippen LogP contribution in [0.25, 0.3) is 0 Å². The highest BCUT2D eigenvalue weighted by molar-refractivity contribution is 9.10. The van der Waals surface area contributed by atoms with Crippen LogP contribution in [0.5, 0.6) is 0 Å².